The molecule has 3 heteroatoms. The monoisotopic (exact) mass is 216 g/mol. The third kappa shape index (κ3) is 1.94. The predicted octanol–water partition coefficient (Wildman–Crippen LogP) is 2.30. The Kier molecular flexibility index (Phi) is 3.21. The minimum Gasteiger partial charge on any atom is -0.392 e. The van der Waals surface area contributed by atoms with Gasteiger partial charge >= 0.3 is 0 Å². The lowest BCUT2D eigenvalue weighted by Gasteiger charge is -2.30. The molecule has 0 radical (unpaired) electrons. The van der Waals surface area contributed by atoms with Gasteiger partial charge in [0.05, 0.1) is 23.8 Å². The van der Waals surface area contributed by atoms with Crippen molar-refractivity contribution >= 4 is 0 Å². The molecule has 1 aliphatic rings. The van der Waals surface area contributed by atoms with E-state index in [-0.39, 0.29) is 6.61 Å². The van der Waals surface area contributed by atoms with E-state index in [9.17, 15) is 5.26 Å². The third-order valence-electron chi connectivity index (χ3n) is 3.42. The molecule has 0 spiro atoms. The van der Waals surface area contributed by atoms with Gasteiger partial charge in [0.15, 0.2) is 0 Å². The Hall–Kier alpha value is -1.40. The summed E-state index contributed by atoms with van der Waals surface area (Å²) in [6, 6.07) is 6.10. The summed E-state index contributed by atoms with van der Waals surface area (Å²) in [7, 11) is 0. The van der Waals surface area contributed by atoms with E-state index in [0.717, 1.165) is 36.9 Å². The van der Waals surface area contributed by atoms with E-state index in [1.54, 1.807) is 12.3 Å². The summed E-state index contributed by atoms with van der Waals surface area (Å²) in [6.45, 7) is 0.0109. The van der Waals surface area contributed by atoms with Crippen molar-refractivity contribution in [2.75, 3.05) is 0 Å². The molecule has 0 aliphatic heterocycles. The van der Waals surface area contributed by atoms with Crippen LogP contribution in [0.25, 0.3) is 0 Å². The van der Waals surface area contributed by atoms with Crippen LogP contribution in [0.5, 0.6) is 0 Å². The highest BCUT2D eigenvalue weighted by molar-refractivity contribution is 5.30. The van der Waals surface area contributed by atoms with Crippen LogP contribution in [0.4, 0.5) is 0 Å². The first-order chi connectivity index (χ1) is 7.80. The summed E-state index contributed by atoms with van der Waals surface area (Å²) in [6.07, 6.45) is 6.88. The fourth-order valence-electron chi connectivity index (χ4n) is 2.41. The molecule has 1 aromatic heterocycles. The van der Waals surface area contributed by atoms with Crippen molar-refractivity contribution in [2.24, 2.45) is 0 Å². The average Bonchev–Trinajstić information content (AvgIpc) is 2.39. The molecule has 1 saturated carbocycles. The molecule has 0 amide bonds. The van der Waals surface area contributed by atoms with Gasteiger partial charge in [0.2, 0.25) is 0 Å². The van der Waals surface area contributed by atoms with Gasteiger partial charge in [-0.25, -0.2) is 0 Å². The van der Waals surface area contributed by atoms with Crippen LogP contribution < -0.4 is 0 Å². The minimum atomic E-state index is -0.413. The fraction of sp³-hybridized carbons (Fsp3) is 0.538. The van der Waals surface area contributed by atoms with Crippen LogP contribution >= 0.6 is 0 Å². The van der Waals surface area contributed by atoms with Crippen LogP contribution in [0.2, 0.25) is 0 Å². The standard InChI is InChI=1S/C13H16N2O/c14-10-13(5-2-1-3-6-13)12-8-11(9-16)4-7-15-12/h4,7-8,16H,1-3,5-6,9H2. The van der Waals surface area contributed by atoms with Crippen LogP contribution in [-0.2, 0) is 12.0 Å². The first-order valence-corrected chi connectivity index (χ1v) is 5.78. The summed E-state index contributed by atoms with van der Waals surface area (Å²) in [5.74, 6) is 0. The lowest BCUT2D eigenvalue weighted by Crippen LogP contribution is -2.28. The van der Waals surface area contributed by atoms with Gasteiger partial charge < -0.3 is 5.11 Å². The second kappa shape index (κ2) is 4.63. The van der Waals surface area contributed by atoms with Gasteiger partial charge in [-0.05, 0) is 30.5 Å². The highest BCUT2D eigenvalue weighted by Gasteiger charge is 2.35. The third-order valence-corrected chi connectivity index (χ3v) is 3.42. The van der Waals surface area contributed by atoms with Gasteiger partial charge in [0.1, 0.15) is 0 Å². The summed E-state index contributed by atoms with van der Waals surface area (Å²) in [5, 5.41) is 18.5. The molecule has 0 bridgehead atoms. The van der Waals surface area contributed by atoms with Gasteiger partial charge in [-0.15, -0.1) is 0 Å². The zero-order valence-electron chi connectivity index (χ0n) is 9.32. The Morgan fingerprint density at radius 1 is 1.38 bits per heavy atom. The lowest BCUT2D eigenvalue weighted by molar-refractivity contribution is 0.281. The van der Waals surface area contributed by atoms with Crippen molar-refractivity contribution in [3.05, 3.63) is 29.6 Å². The van der Waals surface area contributed by atoms with E-state index in [1.807, 2.05) is 6.07 Å². The van der Waals surface area contributed by atoms with E-state index >= 15 is 0 Å². The van der Waals surface area contributed by atoms with Gasteiger partial charge in [0, 0.05) is 6.20 Å². The molecule has 1 heterocycles. The normalized spacial score (nSPS) is 19.0. The van der Waals surface area contributed by atoms with Crippen molar-refractivity contribution < 1.29 is 5.11 Å². The van der Waals surface area contributed by atoms with Crippen LogP contribution in [0.15, 0.2) is 18.3 Å². The summed E-state index contributed by atoms with van der Waals surface area (Å²) in [5.41, 5.74) is 1.26. The Morgan fingerprint density at radius 2 is 2.12 bits per heavy atom. The number of hydrogen-bond acceptors (Lipinski definition) is 3. The minimum absolute atomic E-state index is 0.0109. The smallest absolute Gasteiger partial charge is 0.0993 e. The maximum atomic E-state index is 9.41. The molecular formula is C13H16N2O. The van der Waals surface area contributed by atoms with E-state index < -0.39 is 5.41 Å². The van der Waals surface area contributed by atoms with E-state index in [0.29, 0.717) is 0 Å². The first-order valence-electron chi connectivity index (χ1n) is 5.78. The first kappa shape index (κ1) is 11.1. The second-order valence-corrected chi connectivity index (χ2v) is 4.46. The molecule has 0 atom stereocenters. The average molecular weight is 216 g/mol. The molecule has 0 aromatic carbocycles. The molecule has 0 unspecified atom stereocenters. The van der Waals surface area contributed by atoms with Crippen LogP contribution in [-0.4, -0.2) is 10.1 Å². The second-order valence-electron chi connectivity index (χ2n) is 4.46. The Balaban J connectivity index is 2.36. The summed E-state index contributed by atoms with van der Waals surface area (Å²) >= 11 is 0. The number of nitrogens with zero attached hydrogens (tertiary/aromatic N) is 2. The van der Waals surface area contributed by atoms with E-state index in [1.165, 1.54) is 6.42 Å². The summed E-state index contributed by atoms with van der Waals surface area (Å²) in [4.78, 5) is 4.32. The fourth-order valence-corrected chi connectivity index (χ4v) is 2.41. The van der Waals surface area contributed by atoms with Crippen molar-refractivity contribution in [1.29, 1.82) is 5.26 Å². The van der Waals surface area contributed by atoms with Crippen LogP contribution in [0, 0.1) is 11.3 Å². The Bertz CT molecular complexity index is 403. The predicted molar refractivity (Wildman–Crippen MR) is 60.5 cm³/mol. The number of rotatable bonds is 2. The Labute approximate surface area is 95.8 Å². The Morgan fingerprint density at radius 3 is 2.75 bits per heavy atom. The van der Waals surface area contributed by atoms with Gasteiger partial charge in [-0.2, -0.15) is 5.26 Å². The molecule has 1 aliphatic carbocycles. The maximum absolute atomic E-state index is 9.41. The zero-order valence-corrected chi connectivity index (χ0v) is 9.32. The zero-order chi connectivity index (χ0) is 11.4. The number of aliphatic hydroxyl groups excluding tert-OH is 1. The van der Waals surface area contributed by atoms with Crippen molar-refractivity contribution in [2.45, 2.75) is 44.1 Å². The molecule has 3 nitrogen and oxygen atoms in total. The number of hydrogen-bond donors (Lipinski definition) is 1. The molecule has 1 fully saturated rings. The summed E-state index contributed by atoms with van der Waals surface area (Å²) < 4.78 is 0. The van der Waals surface area contributed by atoms with Crippen molar-refractivity contribution in [3.63, 3.8) is 0 Å². The SMILES string of the molecule is N#CC1(c2cc(CO)ccn2)CCCCC1. The molecule has 16 heavy (non-hydrogen) atoms. The largest absolute Gasteiger partial charge is 0.392 e. The topological polar surface area (TPSA) is 56.9 Å². The van der Waals surface area contributed by atoms with Gasteiger partial charge in [-0.1, -0.05) is 19.3 Å². The van der Waals surface area contributed by atoms with Gasteiger partial charge in [0.25, 0.3) is 0 Å². The maximum Gasteiger partial charge on any atom is 0.0993 e. The highest BCUT2D eigenvalue weighted by Crippen LogP contribution is 2.38. The highest BCUT2D eigenvalue weighted by atomic mass is 16.3. The van der Waals surface area contributed by atoms with Crippen LogP contribution in [0.3, 0.4) is 0 Å². The van der Waals surface area contributed by atoms with Crippen LogP contribution in [0.1, 0.15) is 43.4 Å². The molecule has 0 saturated heterocycles. The molecule has 84 valence electrons. The lowest BCUT2D eigenvalue weighted by atomic mass is 9.72. The number of aliphatic hydroxyl groups is 1. The number of pyridine rings is 1. The molecule has 1 N–H and O–H groups in total. The quantitative estimate of drug-likeness (QED) is 0.825. The van der Waals surface area contributed by atoms with E-state index in [4.69, 9.17) is 5.11 Å². The van der Waals surface area contributed by atoms with Gasteiger partial charge in [-0.3, -0.25) is 4.98 Å². The number of aromatic nitrogens is 1. The molecule has 2 rings (SSSR count). The van der Waals surface area contributed by atoms with E-state index in [2.05, 4.69) is 11.1 Å². The van der Waals surface area contributed by atoms with Crippen molar-refractivity contribution in [1.82, 2.24) is 4.98 Å². The molecule has 1 aromatic rings. The van der Waals surface area contributed by atoms with Crippen molar-refractivity contribution in [3.8, 4) is 6.07 Å². The number of nitriles is 1. The molecular weight excluding hydrogens is 200 g/mol.